The standard InChI is InChI=1S/C21H19ClF3N/c1-13-7-8-14(12-21(23,24)25)11-16(13)20(2,3)18-10-9-15-5-4-6-17(22)19(15)26-18/h4-11H,12H2,1-3H3. The molecular formula is C21H19ClF3N. The third-order valence-electron chi connectivity index (χ3n) is 4.69. The molecule has 26 heavy (non-hydrogen) atoms. The van der Waals surface area contributed by atoms with Gasteiger partial charge in [0.05, 0.1) is 22.7 Å². The Morgan fingerprint density at radius 3 is 2.42 bits per heavy atom. The van der Waals surface area contributed by atoms with Crippen molar-refractivity contribution in [2.45, 2.75) is 38.8 Å². The fraction of sp³-hybridized carbons (Fsp3) is 0.286. The van der Waals surface area contributed by atoms with E-state index in [1.165, 1.54) is 6.07 Å². The maximum atomic E-state index is 12.8. The van der Waals surface area contributed by atoms with Crippen LogP contribution in [0.4, 0.5) is 13.2 Å². The molecule has 3 rings (SSSR count). The van der Waals surface area contributed by atoms with Gasteiger partial charge in [-0.25, -0.2) is 0 Å². The third kappa shape index (κ3) is 3.70. The van der Waals surface area contributed by atoms with Crippen molar-refractivity contribution in [2.75, 3.05) is 0 Å². The number of halogens is 4. The van der Waals surface area contributed by atoms with Crippen LogP contribution in [0, 0.1) is 6.92 Å². The first-order valence-electron chi connectivity index (χ1n) is 8.30. The Bertz CT molecular complexity index is 961. The van der Waals surface area contributed by atoms with Gasteiger partial charge < -0.3 is 0 Å². The molecule has 136 valence electrons. The molecule has 0 fully saturated rings. The van der Waals surface area contributed by atoms with Crippen molar-refractivity contribution >= 4 is 22.5 Å². The predicted molar refractivity (Wildman–Crippen MR) is 99.8 cm³/mol. The van der Waals surface area contributed by atoms with Crippen molar-refractivity contribution < 1.29 is 13.2 Å². The summed E-state index contributed by atoms with van der Waals surface area (Å²) < 4.78 is 38.4. The van der Waals surface area contributed by atoms with Gasteiger partial charge in [0.2, 0.25) is 0 Å². The lowest BCUT2D eigenvalue weighted by Gasteiger charge is -2.28. The smallest absolute Gasteiger partial charge is 0.250 e. The van der Waals surface area contributed by atoms with Crippen molar-refractivity contribution in [3.63, 3.8) is 0 Å². The Labute approximate surface area is 155 Å². The number of nitrogens with zero attached hydrogens (tertiary/aromatic N) is 1. The highest BCUT2D eigenvalue weighted by molar-refractivity contribution is 6.35. The first-order chi connectivity index (χ1) is 12.1. The molecule has 1 heterocycles. The Kier molecular flexibility index (Phi) is 4.74. The summed E-state index contributed by atoms with van der Waals surface area (Å²) in [7, 11) is 0. The summed E-state index contributed by atoms with van der Waals surface area (Å²) in [6.07, 6.45) is -5.17. The molecule has 0 aliphatic carbocycles. The fourth-order valence-electron chi connectivity index (χ4n) is 3.28. The molecule has 0 radical (unpaired) electrons. The zero-order valence-corrected chi connectivity index (χ0v) is 15.5. The number of para-hydroxylation sites is 1. The molecule has 0 saturated heterocycles. The highest BCUT2D eigenvalue weighted by Gasteiger charge is 2.30. The minimum absolute atomic E-state index is 0.255. The summed E-state index contributed by atoms with van der Waals surface area (Å²) in [5.74, 6) is 0. The van der Waals surface area contributed by atoms with Gasteiger partial charge in [-0.1, -0.05) is 61.8 Å². The van der Waals surface area contributed by atoms with E-state index in [1.54, 1.807) is 18.2 Å². The second kappa shape index (κ2) is 6.58. The van der Waals surface area contributed by atoms with Crippen molar-refractivity contribution in [1.29, 1.82) is 0 Å². The van der Waals surface area contributed by atoms with Gasteiger partial charge in [-0.15, -0.1) is 0 Å². The zero-order valence-electron chi connectivity index (χ0n) is 14.8. The molecular weight excluding hydrogens is 359 g/mol. The molecule has 1 aromatic heterocycles. The number of rotatable bonds is 3. The van der Waals surface area contributed by atoms with Crippen molar-refractivity contribution in [3.05, 3.63) is 75.9 Å². The molecule has 0 spiro atoms. The summed E-state index contributed by atoms with van der Waals surface area (Å²) in [6, 6.07) is 14.3. The maximum absolute atomic E-state index is 12.8. The number of hydrogen-bond acceptors (Lipinski definition) is 1. The van der Waals surface area contributed by atoms with Gasteiger partial charge in [0.1, 0.15) is 0 Å². The predicted octanol–water partition coefficient (Wildman–Crippen LogP) is 6.63. The Morgan fingerprint density at radius 2 is 1.73 bits per heavy atom. The highest BCUT2D eigenvalue weighted by Crippen LogP contribution is 2.35. The van der Waals surface area contributed by atoms with Gasteiger partial charge in [-0.05, 0) is 35.7 Å². The molecule has 1 nitrogen and oxygen atoms in total. The normalized spacial score (nSPS) is 12.6. The van der Waals surface area contributed by atoms with Gasteiger partial charge >= 0.3 is 6.18 Å². The molecule has 0 saturated carbocycles. The molecule has 0 bridgehead atoms. The van der Waals surface area contributed by atoms with Crippen LogP contribution >= 0.6 is 11.6 Å². The van der Waals surface area contributed by atoms with Crippen LogP contribution in [0.3, 0.4) is 0 Å². The average Bonchev–Trinajstić information content (AvgIpc) is 2.55. The molecule has 0 aliphatic rings. The minimum atomic E-state index is -4.23. The molecule has 0 N–H and O–H groups in total. The Balaban J connectivity index is 2.10. The van der Waals surface area contributed by atoms with E-state index in [0.29, 0.717) is 10.5 Å². The topological polar surface area (TPSA) is 12.9 Å². The quantitative estimate of drug-likeness (QED) is 0.499. The zero-order chi connectivity index (χ0) is 19.1. The van der Waals surface area contributed by atoms with E-state index >= 15 is 0 Å². The molecule has 0 unspecified atom stereocenters. The first-order valence-corrected chi connectivity index (χ1v) is 8.68. The number of fused-ring (bicyclic) bond motifs is 1. The van der Waals surface area contributed by atoms with Crippen LogP contribution in [0.1, 0.15) is 36.2 Å². The van der Waals surface area contributed by atoms with Crippen molar-refractivity contribution in [1.82, 2.24) is 4.98 Å². The third-order valence-corrected chi connectivity index (χ3v) is 5.00. The summed E-state index contributed by atoms with van der Waals surface area (Å²) in [4.78, 5) is 4.71. The van der Waals surface area contributed by atoms with Crippen LogP contribution in [0.15, 0.2) is 48.5 Å². The molecule has 0 atom stereocenters. The molecule has 5 heteroatoms. The maximum Gasteiger partial charge on any atom is 0.393 e. The number of benzene rings is 2. The second-order valence-electron chi connectivity index (χ2n) is 7.07. The SMILES string of the molecule is Cc1ccc(CC(F)(F)F)cc1C(C)(C)c1ccc2cccc(Cl)c2n1. The second-order valence-corrected chi connectivity index (χ2v) is 7.48. The van der Waals surface area contributed by atoms with Crippen molar-refractivity contribution in [2.24, 2.45) is 0 Å². The molecule has 0 amide bonds. The lowest BCUT2D eigenvalue weighted by Crippen LogP contribution is -2.23. The van der Waals surface area contributed by atoms with Crippen LogP contribution in [0.5, 0.6) is 0 Å². The van der Waals surface area contributed by atoms with Crippen LogP contribution in [-0.2, 0) is 11.8 Å². The minimum Gasteiger partial charge on any atom is -0.250 e. The number of aromatic nitrogens is 1. The van der Waals surface area contributed by atoms with Crippen LogP contribution in [0.25, 0.3) is 10.9 Å². The number of pyridine rings is 1. The van der Waals surface area contributed by atoms with E-state index in [9.17, 15) is 13.2 Å². The number of alkyl halides is 3. The van der Waals surface area contributed by atoms with E-state index in [0.717, 1.165) is 22.2 Å². The lowest BCUT2D eigenvalue weighted by molar-refractivity contribution is -0.127. The monoisotopic (exact) mass is 377 g/mol. The molecule has 3 aromatic rings. The average molecular weight is 378 g/mol. The Hall–Kier alpha value is -2.07. The van der Waals surface area contributed by atoms with E-state index in [1.807, 2.05) is 45.0 Å². The molecule has 0 aliphatic heterocycles. The van der Waals surface area contributed by atoms with Gasteiger partial charge in [0.15, 0.2) is 0 Å². The largest absolute Gasteiger partial charge is 0.393 e. The molecule has 2 aromatic carbocycles. The van der Waals surface area contributed by atoms with E-state index in [4.69, 9.17) is 16.6 Å². The van der Waals surface area contributed by atoms with Crippen LogP contribution in [-0.4, -0.2) is 11.2 Å². The Morgan fingerprint density at radius 1 is 1.00 bits per heavy atom. The summed E-state index contributed by atoms with van der Waals surface area (Å²) >= 11 is 6.27. The number of aryl methyl sites for hydroxylation is 1. The summed E-state index contributed by atoms with van der Waals surface area (Å²) in [6.45, 7) is 5.85. The van der Waals surface area contributed by atoms with E-state index in [-0.39, 0.29) is 5.56 Å². The first kappa shape index (κ1) is 18.7. The number of hydrogen-bond donors (Lipinski definition) is 0. The summed E-state index contributed by atoms with van der Waals surface area (Å²) in [5, 5.41) is 1.49. The van der Waals surface area contributed by atoms with Gasteiger partial charge in [0, 0.05) is 10.8 Å². The van der Waals surface area contributed by atoms with E-state index < -0.39 is 18.0 Å². The van der Waals surface area contributed by atoms with Gasteiger partial charge in [-0.2, -0.15) is 13.2 Å². The van der Waals surface area contributed by atoms with Gasteiger partial charge in [0.25, 0.3) is 0 Å². The summed E-state index contributed by atoms with van der Waals surface area (Å²) in [5.41, 5.74) is 2.93. The lowest BCUT2D eigenvalue weighted by atomic mass is 9.78. The van der Waals surface area contributed by atoms with Gasteiger partial charge in [-0.3, -0.25) is 4.98 Å². The van der Waals surface area contributed by atoms with Crippen LogP contribution in [0.2, 0.25) is 5.02 Å². The fourth-order valence-corrected chi connectivity index (χ4v) is 3.50. The highest BCUT2D eigenvalue weighted by atomic mass is 35.5. The van der Waals surface area contributed by atoms with E-state index in [2.05, 4.69) is 0 Å². The van der Waals surface area contributed by atoms with Crippen LogP contribution < -0.4 is 0 Å². The van der Waals surface area contributed by atoms with Crippen molar-refractivity contribution in [3.8, 4) is 0 Å².